The number of hydrogen-bond donors (Lipinski definition) is 0. The lowest BCUT2D eigenvalue weighted by Crippen LogP contribution is -2.00. The smallest absolute Gasteiger partial charge is 0.129 e. The van der Waals surface area contributed by atoms with Gasteiger partial charge in [-0.2, -0.15) is 0 Å². The van der Waals surface area contributed by atoms with Gasteiger partial charge in [0.05, 0.1) is 5.52 Å². The lowest BCUT2D eigenvalue weighted by atomic mass is 10.1. The summed E-state index contributed by atoms with van der Waals surface area (Å²) in [6.45, 7) is 0.658. The SMILES string of the molecule is C1=Cc2cc3cccnc3cc2OC1. The zero-order valence-corrected chi connectivity index (χ0v) is 7.60. The van der Waals surface area contributed by atoms with Gasteiger partial charge < -0.3 is 4.74 Å². The molecular formula is C12H9NO. The van der Waals surface area contributed by atoms with Gasteiger partial charge in [-0.1, -0.05) is 12.1 Å². The quantitative estimate of drug-likeness (QED) is 0.626. The molecule has 2 heterocycles. The van der Waals surface area contributed by atoms with Crippen LogP contribution in [0.4, 0.5) is 0 Å². The number of fused-ring (bicyclic) bond motifs is 2. The molecule has 68 valence electrons. The first-order valence-electron chi connectivity index (χ1n) is 4.61. The number of hydrogen-bond acceptors (Lipinski definition) is 2. The van der Waals surface area contributed by atoms with E-state index < -0.39 is 0 Å². The van der Waals surface area contributed by atoms with Gasteiger partial charge in [0.15, 0.2) is 0 Å². The molecule has 0 saturated heterocycles. The molecule has 1 aliphatic heterocycles. The van der Waals surface area contributed by atoms with Crippen molar-refractivity contribution in [2.75, 3.05) is 6.61 Å². The molecule has 2 nitrogen and oxygen atoms in total. The van der Waals surface area contributed by atoms with E-state index in [1.807, 2.05) is 18.2 Å². The normalized spacial score (nSPS) is 13.7. The molecule has 0 spiro atoms. The highest BCUT2D eigenvalue weighted by atomic mass is 16.5. The first kappa shape index (κ1) is 7.56. The zero-order valence-electron chi connectivity index (χ0n) is 7.60. The number of aromatic nitrogens is 1. The third-order valence-electron chi connectivity index (χ3n) is 2.37. The first-order valence-corrected chi connectivity index (χ1v) is 4.61. The van der Waals surface area contributed by atoms with E-state index in [9.17, 15) is 0 Å². The van der Waals surface area contributed by atoms with Crippen molar-refractivity contribution < 1.29 is 4.74 Å². The maximum Gasteiger partial charge on any atom is 0.129 e. The van der Waals surface area contributed by atoms with Crippen molar-refractivity contribution in [3.8, 4) is 5.75 Å². The molecule has 0 unspecified atom stereocenters. The first-order chi connectivity index (χ1) is 6.93. The van der Waals surface area contributed by atoms with E-state index in [2.05, 4.69) is 23.2 Å². The van der Waals surface area contributed by atoms with E-state index in [0.717, 1.165) is 22.2 Å². The monoisotopic (exact) mass is 183 g/mol. The van der Waals surface area contributed by atoms with Crippen molar-refractivity contribution in [1.82, 2.24) is 4.98 Å². The lowest BCUT2D eigenvalue weighted by molar-refractivity contribution is 0.359. The van der Waals surface area contributed by atoms with E-state index in [0.29, 0.717) is 6.61 Å². The Balaban J connectivity index is 2.34. The van der Waals surface area contributed by atoms with Gasteiger partial charge in [-0.3, -0.25) is 4.98 Å². The zero-order chi connectivity index (χ0) is 9.38. The highest BCUT2D eigenvalue weighted by Crippen LogP contribution is 2.27. The van der Waals surface area contributed by atoms with Crippen molar-refractivity contribution in [1.29, 1.82) is 0 Å². The molecule has 0 aliphatic carbocycles. The molecule has 0 atom stereocenters. The molecule has 3 rings (SSSR count). The predicted molar refractivity (Wildman–Crippen MR) is 56.3 cm³/mol. The minimum atomic E-state index is 0.658. The number of nitrogens with zero attached hydrogens (tertiary/aromatic N) is 1. The maximum atomic E-state index is 5.50. The number of pyridine rings is 1. The summed E-state index contributed by atoms with van der Waals surface area (Å²) in [6, 6.07) is 8.11. The van der Waals surface area contributed by atoms with Crippen LogP contribution in [0.5, 0.6) is 5.75 Å². The summed E-state index contributed by atoms with van der Waals surface area (Å²) in [6.07, 6.45) is 5.91. The van der Waals surface area contributed by atoms with Crippen LogP contribution in [0.25, 0.3) is 17.0 Å². The Morgan fingerprint density at radius 3 is 3.29 bits per heavy atom. The molecule has 0 radical (unpaired) electrons. The fourth-order valence-corrected chi connectivity index (χ4v) is 1.69. The second-order valence-electron chi connectivity index (χ2n) is 3.30. The van der Waals surface area contributed by atoms with Gasteiger partial charge in [0, 0.05) is 23.2 Å². The highest BCUT2D eigenvalue weighted by Gasteiger charge is 2.06. The van der Waals surface area contributed by atoms with Gasteiger partial charge in [0.1, 0.15) is 12.4 Å². The molecule has 1 aromatic heterocycles. The van der Waals surface area contributed by atoms with Crippen LogP contribution < -0.4 is 4.74 Å². The minimum Gasteiger partial charge on any atom is -0.489 e. The topological polar surface area (TPSA) is 22.1 Å². The fourth-order valence-electron chi connectivity index (χ4n) is 1.69. The molecule has 2 heteroatoms. The Bertz CT molecular complexity index is 517. The number of ether oxygens (including phenoxy) is 1. The Morgan fingerprint density at radius 1 is 1.29 bits per heavy atom. The Morgan fingerprint density at radius 2 is 2.29 bits per heavy atom. The van der Waals surface area contributed by atoms with Crippen molar-refractivity contribution >= 4 is 17.0 Å². The molecule has 0 bridgehead atoms. The van der Waals surface area contributed by atoms with Gasteiger partial charge in [-0.25, -0.2) is 0 Å². The second-order valence-corrected chi connectivity index (χ2v) is 3.30. The van der Waals surface area contributed by atoms with Gasteiger partial charge >= 0.3 is 0 Å². The second kappa shape index (κ2) is 2.84. The Labute approximate surface area is 81.8 Å². The average Bonchev–Trinajstić information content (AvgIpc) is 2.26. The van der Waals surface area contributed by atoms with E-state index in [4.69, 9.17) is 4.74 Å². The van der Waals surface area contributed by atoms with Gasteiger partial charge in [0.2, 0.25) is 0 Å². The van der Waals surface area contributed by atoms with Crippen molar-refractivity contribution in [2.24, 2.45) is 0 Å². The molecular weight excluding hydrogens is 174 g/mol. The molecule has 1 aliphatic rings. The van der Waals surface area contributed by atoms with E-state index in [1.54, 1.807) is 6.20 Å². The van der Waals surface area contributed by atoms with E-state index in [1.165, 1.54) is 0 Å². The predicted octanol–water partition coefficient (Wildman–Crippen LogP) is 2.64. The average molecular weight is 183 g/mol. The molecule has 14 heavy (non-hydrogen) atoms. The molecule has 0 amide bonds. The van der Waals surface area contributed by atoms with E-state index >= 15 is 0 Å². The Hall–Kier alpha value is -1.83. The standard InChI is InChI=1S/C12H9NO/c1-3-9-7-10-4-2-6-14-12(10)8-11(9)13-5-1/h1-5,7-8H,6H2. The third-order valence-corrected chi connectivity index (χ3v) is 2.37. The summed E-state index contributed by atoms with van der Waals surface area (Å²) < 4.78 is 5.50. The van der Waals surface area contributed by atoms with Crippen LogP contribution in [-0.4, -0.2) is 11.6 Å². The van der Waals surface area contributed by atoms with Crippen LogP contribution in [0.3, 0.4) is 0 Å². The van der Waals surface area contributed by atoms with Crippen molar-refractivity contribution in [3.05, 3.63) is 42.1 Å². The lowest BCUT2D eigenvalue weighted by Gasteiger charge is -2.12. The Kier molecular flexibility index (Phi) is 1.53. The van der Waals surface area contributed by atoms with Crippen molar-refractivity contribution in [3.63, 3.8) is 0 Å². The number of rotatable bonds is 0. The van der Waals surface area contributed by atoms with Crippen molar-refractivity contribution in [2.45, 2.75) is 0 Å². The van der Waals surface area contributed by atoms with Crippen LogP contribution in [0, 0.1) is 0 Å². The minimum absolute atomic E-state index is 0.658. The molecule has 0 saturated carbocycles. The van der Waals surface area contributed by atoms with Crippen LogP contribution in [0.2, 0.25) is 0 Å². The summed E-state index contributed by atoms with van der Waals surface area (Å²) in [5.74, 6) is 0.929. The maximum absolute atomic E-state index is 5.50. The molecule has 1 aromatic carbocycles. The summed E-state index contributed by atoms with van der Waals surface area (Å²) in [4.78, 5) is 4.29. The van der Waals surface area contributed by atoms with Gasteiger partial charge in [-0.15, -0.1) is 0 Å². The summed E-state index contributed by atoms with van der Waals surface area (Å²) in [5, 5.41) is 1.15. The summed E-state index contributed by atoms with van der Waals surface area (Å²) >= 11 is 0. The van der Waals surface area contributed by atoms with E-state index in [-0.39, 0.29) is 0 Å². The number of benzene rings is 1. The van der Waals surface area contributed by atoms with Crippen LogP contribution in [0.1, 0.15) is 5.56 Å². The van der Waals surface area contributed by atoms with Crippen LogP contribution in [0.15, 0.2) is 36.5 Å². The molecule has 0 fully saturated rings. The fraction of sp³-hybridized carbons (Fsp3) is 0.0833. The molecule has 2 aromatic rings. The largest absolute Gasteiger partial charge is 0.489 e. The summed E-state index contributed by atoms with van der Waals surface area (Å²) in [5.41, 5.74) is 2.12. The van der Waals surface area contributed by atoms with Crippen LogP contribution >= 0.6 is 0 Å². The highest BCUT2D eigenvalue weighted by molar-refractivity contribution is 5.84. The van der Waals surface area contributed by atoms with Crippen LogP contribution in [-0.2, 0) is 0 Å². The van der Waals surface area contributed by atoms with Gasteiger partial charge in [0.25, 0.3) is 0 Å². The third kappa shape index (κ3) is 1.08. The molecule has 0 N–H and O–H groups in total. The van der Waals surface area contributed by atoms with Gasteiger partial charge in [-0.05, 0) is 18.2 Å². The summed E-state index contributed by atoms with van der Waals surface area (Å²) in [7, 11) is 0.